The molecule has 0 unspecified atom stereocenters. The number of ketones is 1. The number of carbonyl (C=O) groups excluding carboxylic acids is 2. The van der Waals surface area contributed by atoms with Gasteiger partial charge in [-0.05, 0) is 60.5 Å². The summed E-state index contributed by atoms with van der Waals surface area (Å²) in [5, 5.41) is -0.109. The third-order valence-electron chi connectivity index (χ3n) is 3.26. The summed E-state index contributed by atoms with van der Waals surface area (Å²) in [6, 6.07) is 12.4. The third-order valence-corrected chi connectivity index (χ3v) is 5.04. The molecular weight excluding hydrogens is 399 g/mol. The van der Waals surface area contributed by atoms with Gasteiger partial charge in [0, 0.05) is 30.1 Å². The van der Waals surface area contributed by atoms with Crippen LogP contribution in [0.2, 0.25) is 0 Å². The highest BCUT2D eigenvalue weighted by Crippen LogP contribution is 2.30. The standard InChI is InChI=1S/C18H16F3NO3S2/c1-12(23)26-11-17(24)13-3-5-14(6-4-13)22(2)27-16-9-7-15(8-10-16)25-18(19,20)21/h3-10H,11H2,1-2H3. The third kappa shape index (κ3) is 7.18. The van der Waals surface area contributed by atoms with Crippen molar-refractivity contribution >= 4 is 40.3 Å². The number of hydrogen-bond acceptors (Lipinski definition) is 6. The molecule has 2 aromatic carbocycles. The minimum Gasteiger partial charge on any atom is -0.406 e. The Bertz CT molecular complexity index is 793. The quantitative estimate of drug-likeness (QED) is 0.458. The van der Waals surface area contributed by atoms with E-state index in [1.165, 1.54) is 43.1 Å². The normalized spacial score (nSPS) is 11.1. The molecule has 0 N–H and O–H groups in total. The lowest BCUT2D eigenvalue weighted by Crippen LogP contribution is -2.17. The SMILES string of the molecule is CC(=O)SCC(=O)c1ccc(N(C)Sc2ccc(OC(F)(F)F)cc2)cc1. The number of benzene rings is 2. The molecular formula is C18H16F3NO3S2. The number of thioether (sulfide) groups is 1. The molecule has 0 spiro atoms. The van der Waals surface area contributed by atoms with Gasteiger partial charge in [0.15, 0.2) is 10.9 Å². The van der Waals surface area contributed by atoms with Crippen LogP contribution in [0.3, 0.4) is 0 Å². The van der Waals surface area contributed by atoms with Gasteiger partial charge in [-0.25, -0.2) is 0 Å². The molecule has 2 aromatic rings. The van der Waals surface area contributed by atoms with E-state index in [-0.39, 0.29) is 22.4 Å². The molecule has 0 aliphatic rings. The number of halogens is 3. The number of nitrogens with zero attached hydrogens (tertiary/aromatic N) is 1. The number of carbonyl (C=O) groups is 2. The Hall–Kier alpha value is -2.13. The monoisotopic (exact) mass is 415 g/mol. The van der Waals surface area contributed by atoms with E-state index >= 15 is 0 Å². The van der Waals surface area contributed by atoms with Crippen LogP contribution in [0.25, 0.3) is 0 Å². The number of alkyl halides is 3. The lowest BCUT2D eigenvalue weighted by atomic mass is 10.1. The van der Waals surface area contributed by atoms with Crippen LogP contribution in [0.4, 0.5) is 18.9 Å². The van der Waals surface area contributed by atoms with Gasteiger partial charge < -0.3 is 9.04 Å². The summed E-state index contributed by atoms with van der Waals surface area (Å²) in [7, 11) is 1.80. The highest BCUT2D eigenvalue weighted by molar-refractivity contribution is 8.14. The maximum absolute atomic E-state index is 12.2. The van der Waals surface area contributed by atoms with Gasteiger partial charge in [0.25, 0.3) is 0 Å². The lowest BCUT2D eigenvalue weighted by molar-refractivity contribution is -0.274. The molecule has 0 aliphatic carbocycles. The Kier molecular flexibility index (Phi) is 7.20. The van der Waals surface area contributed by atoms with Crippen molar-refractivity contribution in [3.05, 3.63) is 54.1 Å². The molecule has 0 radical (unpaired) electrons. The number of Topliss-reactive ketones (excluding diaryl/α,β-unsaturated/α-hetero) is 1. The highest BCUT2D eigenvalue weighted by Gasteiger charge is 2.30. The zero-order chi connectivity index (χ0) is 20.0. The number of rotatable bonds is 7. The van der Waals surface area contributed by atoms with E-state index in [0.29, 0.717) is 5.56 Å². The topological polar surface area (TPSA) is 46.6 Å². The Labute approximate surface area is 163 Å². The average Bonchev–Trinajstić information content (AvgIpc) is 2.60. The van der Waals surface area contributed by atoms with Crippen LogP contribution < -0.4 is 9.04 Å². The predicted octanol–water partition coefficient (Wildman–Crippen LogP) is 5.19. The highest BCUT2D eigenvalue weighted by atomic mass is 32.2. The van der Waals surface area contributed by atoms with Crippen LogP contribution in [-0.4, -0.2) is 30.1 Å². The van der Waals surface area contributed by atoms with Crippen LogP contribution >= 0.6 is 23.7 Å². The summed E-state index contributed by atoms with van der Waals surface area (Å²) in [6.45, 7) is 1.41. The fourth-order valence-electron chi connectivity index (χ4n) is 2.02. The molecule has 0 bridgehead atoms. The van der Waals surface area contributed by atoms with E-state index in [1.54, 1.807) is 31.3 Å². The molecule has 9 heteroatoms. The number of anilines is 1. The van der Waals surface area contributed by atoms with Crippen LogP contribution in [0.1, 0.15) is 17.3 Å². The summed E-state index contributed by atoms with van der Waals surface area (Å²) in [6.07, 6.45) is -4.71. The summed E-state index contributed by atoms with van der Waals surface area (Å²) in [5.41, 5.74) is 1.32. The minimum atomic E-state index is -4.71. The molecule has 4 nitrogen and oxygen atoms in total. The molecule has 27 heavy (non-hydrogen) atoms. The van der Waals surface area contributed by atoms with Crippen LogP contribution in [0, 0.1) is 0 Å². The fraction of sp³-hybridized carbons (Fsp3) is 0.222. The van der Waals surface area contributed by atoms with Crippen LogP contribution in [0.15, 0.2) is 53.4 Å². The van der Waals surface area contributed by atoms with Crippen molar-refractivity contribution in [2.24, 2.45) is 0 Å². The second kappa shape index (κ2) is 9.18. The van der Waals surface area contributed by atoms with Crippen LogP contribution in [-0.2, 0) is 4.79 Å². The fourth-order valence-corrected chi connectivity index (χ4v) is 3.32. The molecule has 0 atom stereocenters. The summed E-state index contributed by atoms with van der Waals surface area (Å²) < 4.78 is 42.2. The molecule has 0 aliphatic heterocycles. The second-order valence-electron chi connectivity index (χ2n) is 5.36. The first kappa shape index (κ1) is 21.2. The molecule has 0 saturated heterocycles. The Balaban J connectivity index is 1.96. The zero-order valence-electron chi connectivity index (χ0n) is 14.4. The second-order valence-corrected chi connectivity index (χ2v) is 7.71. The van der Waals surface area contributed by atoms with Gasteiger partial charge in [-0.3, -0.25) is 9.59 Å². The van der Waals surface area contributed by atoms with E-state index in [9.17, 15) is 22.8 Å². The maximum atomic E-state index is 12.2. The van der Waals surface area contributed by atoms with Gasteiger partial charge in [0.05, 0.1) is 5.75 Å². The van der Waals surface area contributed by atoms with Gasteiger partial charge >= 0.3 is 6.36 Å². The maximum Gasteiger partial charge on any atom is 0.573 e. The minimum absolute atomic E-state index is 0.103. The lowest BCUT2D eigenvalue weighted by Gasteiger charge is -2.18. The predicted molar refractivity (Wildman–Crippen MR) is 101 cm³/mol. The Morgan fingerprint density at radius 1 is 1.04 bits per heavy atom. The van der Waals surface area contributed by atoms with Crippen molar-refractivity contribution in [1.82, 2.24) is 0 Å². The number of hydrogen-bond donors (Lipinski definition) is 0. The Morgan fingerprint density at radius 2 is 1.63 bits per heavy atom. The molecule has 144 valence electrons. The smallest absolute Gasteiger partial charge is 0.406 e. The van der Waals surface area contributed by atoms with Gasteiger partial charge in [-0.2, -0.15) is 0 Å². The van der Waals surface area contributed by atoms with E-state index in [1.807, 2.05) is 4.31 Å². The molecule has 2 rings (SSSR count). The molecule has 0 heterocycles. The largest absolute Gasteiger partial charge is 0.573 e. The summed E-state index contributed by atoms with van der Waals surface area (Å²) >= 11 is 2.28. The van der Waals surface area contributed by atoms with Gasteiger partial charge in [-0.15, -0.1) is 13.2 Å². The van der Waals surface area contributed by atoms with E-state index in [4.69, 9.17) is 0 Å². The van der Waals surface area contributed by atoms with Crippen molar-refractivity contribution in [3.8, 4) is 5.75 Å². The van der Waals surface area contributed by atoms with Crippen molar-refractivity contribution in [1.29, 1.82) is 0 Å². The van der Waals surface area contributed by atoms with Gasteiger partial charge in [0.2, 0.25) is 0 Å². The molecule has 0 amide bonds. The first-order valence-electron chi connectivity index (χ1n) is 7.68. The average molecular weight is 415 g/mol. The zero-order valence-corrected chi connectivity index (χ0v) is 16.1. The van der Waals surface area contributed by atoms with Crippen molar-refractivity contribution in [2.75, 3.05) is 17.1 Å². The van der Waals surface area contributed by atoms with Crippen molar-refractivity contribution in [2.45, 2.75) is 18.2 Å². The molecule has 0 fully saturated rings. The summed E-state index contributed by atoms with van der Waals surface area (Å²) in [4.78, 5) is 23.6. The first-order chi connectivity index (χ1) is 12.6. The first-order valence-corrected chi connectivity index (χ1v) is 9.44. The van der Waals surface area contributed by atoms with E-state index in [0.717, 1.165) is 22.3 Å². The van der Waals surface area contributed by atoms with Crippen molar-refractivity contribution < 1.29 is 27.5 Å². The van der Waals surface area contributed by atoms with Crippen LogP contribution in [0.5, 0.6) is 5.75 Å². The van der Waals surface area contributed by atoms with E-state index < -0.39 is 6.36 Å². The summed E-state index contributed by atoms with van der Waals surface area (Å²) in [5.74, 6) is -0.302. The molecule has 0 saturated carbocycles. The molecule has 0 aromatic heterocycles. The Morgan fingerprint density at radius 3 is 2.15 bits per heavy atom. The van der Waals surface area contributed by atoms with E-state index in [2.05, 4.69) is 4.74 Å². The van der Waals surface area contributed by atoms with Crippen molar-refractivity contribution in [3.63, 3.8) is 0 Å². The van der Waals surface area contributed by atoms with Gasteiger partial charge in [0.1, 0.15) is 5.75 Å². The van der Waals surface area contributed by atoms with Gasteiger partial charge in [-0.1, -0.05) is 11.8 Å². The number of ether oxygens (including phenoxy) is 1.